The third kappa shape index (κ3) is 6.96. The number of carbonyl (C=O) groups is 3. The van der Waals surface area contributed by atoms with Crippen LogP contribution in [0.5, 0.6) is 0 Å². The second kappa shape index (κ2) is 11.0. The van der Waals surface area contributed by atoms with E-state index in [0.29, 0.717) is 12.8 Å². The number of hydrogen-bond donors (Lipinski definition) is 2. The number of hydrogen-bond acceptors (Lipinski definition) is 7. The topological polar surface area (TPSA) is 113 Å². The number of ether oxygens (including phenoxy) is 2. The number of rotatable bonds is 12. The Labute approximate surface area is 136 Å². The fourth-order valence-electron chi connectivity index (χ4n) is 2.13. The Balaban J connectivity index is 4.31. The first-order valence-corrected chi connectivity index (χ1v) is 7.66. The summed E-state index contributed by atoms with van der Waals surface area (Å²) in [6, 6.07) is 0. The van der Waals surface area contributed by atoms with Gasteiger partial charge in [-0.05, 0) is 12.8 Å². The highest BCUT2D eigenvalue weighted by molar-refractivity contribution is 5.81. The zero-order chi connectivity index (χ0) is 17.9. The maximum atomic E-state index is 11.6. The summed E-state index contributed by atoms with van der Waals surface area (Å²) in [6.07, 6.45) is -0.541. The van der Waals surface area contributed by atoms with Gasteiger partial charge in [-0.2, -0.15) is 0 Å². The quantitative estimate of drug-likeness (QED) is 0.377. The largest absolute Gasteiger partial charge is 0.463 e. The molecule has 134 valence electrons. The van der Waals surface area contributed by atoms with Crippen molar-refractivity contribution in [3.63, 3.8) is 0 Å². The van der Waals surface area contributed by atoms with Crippen molar-refractivity contribution in [1.29, 1.82) is 0 Å². The Bertz CT molecular complexity index is 382. The second-order valence-electron chi connectivity index (χ2n) is 5.22. The molecule has 8 heteroatoms. The van der Waals surface area contributed by atoms with Crippen LogP contribution >= 0.6 is 0 Å². The zero-order valence-corrected chi connectivity index (χ0v) is 14.0. The van der Waals surface area contributed by atoms with Gasteiger partial charge in [0.25, 0.3) is 6.47 Å². The van der Waals surface area contributed by atoms with Gasteiger partial charge in [0.1, 0.15) is 18.3 Å². The number of aliphatic hydroxyl groups excluding tert-OH is 2. The fourth-order valence-corrected chi connectivity index (χ4v) is 2.13. The van der Waals surface area contributed by atoms with Crippen LogP contribution in [0, 0.1) is 0 Å². The Kier molecular flexibility index (Phi) is 10.2. The molecule has 8 nitrogen and oxygen atoms in total. The van der Waals surface area contributed by atoms with E-state index in [1.807, 2.05) is 0 Å². The monoisotopic (exact) mass is 333 g/mol. The molecule has 0 aliphatic carbocycles. The molecule has 0 saturated carbocycles. The Morgan fingerprint density at radius 2 is 1.87 bits per heavy atom. The van der Waals surface area contributed by atoms with Crippen LogP contribution in [0.25, 0.3) is 0 Å². The summed E-state index contributed by atoms with van der Waals surface area (Å²) in [6.45, 7) is 3.53. The molecule has 0 radical (unpaired) electrons. The summed E-state index contributed by atoms with van der Waals surface area (Å²) in [7, 11) is 1.53. The number of nitrogens with zero attached hydrogens (tertiary/aromatic N) is 1. The fraction of sp³-hybridized carbons (Fsp3) is 0.800. The van der Waals surface area contributed by atoms with E-state index in [2.05, 4.69) is 0 Å². The molecule has 0 fully saturated rings. The van der Waals surface area contributed by atoms with Crippen molar-refractivity contribution in [3.8, 4) is 0 Å². The third-order valence-electron chi connectivity index (χ3n) is 3.89. The molecular weight excluding hydrogens is 306 g/mol. The summed E-state index contributed by atoms with van der Waals surface area (Å²) in [5, 5.41) is 18.8. The highest BCUT2D eigenvalue weighted by Gasteiger charge is 2.37. The van der Waals surface area contributed by atoms with Crippen LogP contribution in [0.1, 0.15) is 39.5 Å². The van der Waals surface area contributed by atoms with Crippen molar-refractivity contribution in [3.05, 3.63) is 0 Å². The maximum Gasteiger partial charge on any atom is 0.306 e. The number of aliphatic hydroxyl groups is 2. The molecule has 0 saturated heterocycles. The molecule has 0 aromatic heterocycles. The summed E-state index contributed by atoms with van der Waals surface area (Å²) in [5.41, 5.74) is -1.08. The maximum absolute atomic E-state index is 11.6. The summed E-state index contributed by atoms with van der Waals surface area (Å²) in [4.78, 5) is 35.1. The van der Waals surface area contributed by atoms with Crippen molar-refractivity contribution in [2.75, 3.05) is 26.8 Å². The normalized spacial score (nSPS) is 12.4. The van der Waals surface area contributed by atoms with Gasteiger partial charge in [0.05, 0.1) is 13.0 Å². The molecular formula is C15H27NO7. The minimum Gasteiger partial charge on any atom is -0.463 e. The predicted molar refractivity (Wildman–Crippen MR) is 81.4 cm³/mol. The first-order chi connectivity index (χ1) is 10.9. The molecule has 0 bridgehead atoms. The van der Waals surface area contributed by atoms with Gasteiger partial charge in [-0.1, -0.05) is 13.8 Å². The van der Waals surface area contributed by atoms with Gasteiger partial charge < -0.3 is 24.6 Å². The average Bonchev–Trinajstić information content (AvgIpc) is 2.55. The smallest absolute Gasteiger partial charge is 0.306 e. The van der Waals surface area contributed by atoms with Crippen molar-refractivity contribution < 1.29 is 34.1 Å². The SMILES string of the molecule is CCC(CC)(OC=O)C(O)COC(=O)CCC(=O)N(C)CCO. The lowest BCUT2D eigenvalue weighted by atomic mass is 9.91. The van der Waals surface area contributed by atoms with Gasteiger partial charge in [0, 0.05) is 20.0 Å². The van der Waals surface area contributed by atoms with Gasteiger partial charge in [-0.3, -0.25) is 14.4 Å². The minimum absolute atomic E-state index is 0.0387. The third-order valence-corrected chi connectivity index (χ3v) is 3.89. The van der Waals surface area contributed by atoms with E-state index in [1.165, 1.54) is 11.9 Å². The molecule has 1 amide bonds. The van der Waals surface area contributed by atoms with Crippen molar-refractivity contribution in [1.82, 2.24) is 4.90 Å². The van der Waals surface area contributed by atoms with E-state index in [1.54, 1.807) is 13.8 Å². The molecule has 0 aliphatic heterocycles. The van der Waals surface area contributed by atoms with Gasteiger partial charge in [-0.25, -0.2) is 0 Å². The Morgan fingerprint density at radius 3 is 2.35 bits per heavy atom. The molecule has 2 N–H and O–H groups in total. The van der Waals surface area contributed by atoms with Crippen LogP contribution in [0.15, 0.2) is 0 Å². The van der Waals surface area contributed by atoms with Gasteiger partial charge in [0.2, 0.25) is 5.91 Å². The number of amides is 1. The highest BCUT2D eigenvalue weighted by atomic mass is 16.6. The van der Waals surface area contributed by atoms with Crippen LogP contribution in [-0.4, -0.2) is 72.0 Å². The summed E-state index contributed by atoms with van der Waals surface area (Å²) in [5.74, 6) is -0.903. The van der Waals surface area contributed by atoms with Crippen LogP contribution < -0.4 is 0 Å². The molecule has 1 unspecified atom stereocenters. The summed E-state index contributed by atoms with van der Waals surface area (Å²) >= 11 is 0. The number of carbonyl (C=O) groups excluding carboxylic acids is 3. The standard InChI is InChI=1S/C15H27NO7/c1-4-15(5-2,23-11-18)12(19)10-22-14(21)7-6-13(20)16(3)8-9-17/h11-12,17,19H,4-10H2,1-3H3. The molecule has 23 heavy (non-hydrogen) atoms. The van der Waals surface area contributed by atoms with Crippen molar-refractivity contribution in [2.24, 2.45) is 0 Å². The van der Waals surface area contributed by atoms with E-state index < -0.39 is 17.7 Å². The number of esters is 1. The van der Waals surface area contributed by atoms with Crippen LogP contribution in [-0.2, 0) is 23.9 Å². The molecule has 0 rings (SSSR count). The lowest BCUT2D eigenvalue weighted by Crippen LogP contribution is -2.46. The van der Waals surface area contributed by atoms with E-state index >= 15 is 0 Å². The molecule has 0 aromatic rings. The van der Waals surface area contributed by atoms with Crippen molar-refractivity contribution in [2.45, 2.75) is 51.2 Å². The minimum atomic E-state index is -1.14. The van der Waals surface area contributed by atoms with Crippen LogP contribution in [0.4, 0.5) is 0 Å². The summed E-state index contributed by atoms with van der Waals surface area (Å²) < 4.78 is 9.92. The van der Waals surface area contributed by atoms with E-state index in [0.717, 1.165) is 0 Å². The molecule has 0 aliphatic rings. The Hall–Kier alpha value is -1.67. The molecule has 0 aromatic carbocycles. The Morgan fingerprint density at radius 1 is 1.26 bits per heavy atom. The van der Waals surface area contributed by atoms with Gasteiger partial charge >= 0.3 is 5.97 Å². The first kappa shape index (κ1) is 21.3. The molecule has 0 spiro atoms. The van der Waals surface area contributed by atoms with Crippen molar-refractivity contribution >= 4 is 18.3 Å². The van der Waals surface area contributed by atoms with Gasteiger partial charge in [-0.15, -0.1) is 0 Å². The average molecular weight is 333 g/mol. The first-order valence-electron chi connectivity index (χ1n) is 7.66. The van der Waals surface area contributed by atoms with Crippen LogP contribution in [0.2, 0.25) is 0 Å². The highest BCUT2D eigenvalue weighted by Crippen LogP contribution is 2.24. The van der Waals surface area contributed by atoms with E-state index in [9.17, 15) is 19.5 Å². The van der Waals surface area contributed by atoms with Crippen LogP contribution in [0.3, 0.4) is 0 Å². The lowest BCUT2D eigenvalue weighted by molar-refractivity contribution is -0.171. The lowest BCUT2D eigenvalue weighted by Gasteiger charge is -2.34. The molecule has 1 atom stereocenters. The predicted octanol–water partition coefficient (Wildman–Crippen LogP) is -0.147. The van der Waals surface area contributed by atoms with Gasteiger partial charge in [0.15, 0.2) is 0 Å². The van der Waals surface area contributed by atoms with E-state index in [4.69, 9.17) is 14.6 Å². The van der Waals surface area contributed by atoms with E-state index in [-0.39, 0.29) is 45.0 Å². The second-order valence-corrected chi connectivity index (χ2v) is 5.22. The number of likely N-dealkylation sites (N-methyl/N-ethyl adjacent to an activating group) is 1. The molecule has 0 heterocycles. The zero-order valence-electron chi connectivity index (χ0n) is 14.0.